The van der Waals surface area contributed by atoms with Crippen LogP contribution in [0.2, 0.25) is 0 Å². The summed E-state index contributed by atoms with van der Waals surface area (Å²) in [5.41, 5.74) is 7.88. The van der Waals surface area contributed by atoms with Crippen LogP contribution in [0.1, 0.15) is 30.5 Å². The number of ether oxygens (including phenoxy) is 1. The SMILES string of the molecule is c1ccc(OCCCONc2c3c(nc4ccccc24)CCCC3)cc1. The summed E-state index contributed by atoms with van der Waals surface area (Å²) in [5, 5.41) is 1.13. The molecule has 4 nitrogen and oxygen atoms in total. The largest absolute Gasteiger partial charge is 0.494 e. The van der Waals surface area contributed by atoms with Gasteiger partial charge in [0.25, 0.3) is 0 Å². The van der Waals surface area contributed by atoms with Crippen LogP contribution in [0.5, 0.6) is 5.75 Å². The van der Waals surface area contributed by atoms with Crippen LogP contribution in [0.15, 0.2) is 54.6 Å². The van der Waals surface area contributed by atoms with E-state index in [4.69, 9.17) is 14.6 Å². The Labute approximate surface area is 154 Å². The van der Waals surface area contributed by atoms with E-state index in [2.05, 4.69) is 23.7 Å². The standard InChI is InChI=1S/C22H24N2O2/c1-2-9-17(10-3-1)25-15-8-16-26-24-22-18-11-4-6-13-20(18)23-21-14-7-5-12-19(21)22/h1-4,6,9-11,13H,5,7-8,12,14-16H2,(H,23,24). The second kappa shape index (κ2) is 8.19. The molecule has 2 aromatic carbocycles. The summed E-state index contributed by atoms with van der Waals surface area (Å²) in [6, 6.07) is 18.2. The summed E-state index contributed by atoms with van der Waals surface area (Å²) in [6.07, 6.45) is 5.38. The Balaban J connectivity index is 1.37. The molecule has 4 rings (SSSR count). The molecular formula is C22H24N2O2. The molecular weight excluding hydrogens is 324 g/mol. The fourth-order valence-electron chi connectivity index (χ4n) is 3.45. The molecule has 0 saturated heterocycles. The van der Waals surface area contributed by atoms with Gasteiger partial charge in [-0.1, -0.05) is 36.4 Å². The molecule has 0 radical (unpaired) electrons. The first-order valence-electron chi connectivity index (χ1n) is 9.38. The Bertz CT molecular complexity index is 865. The maximum absolute atomic E-state index is 5.77. The number of benzene rings is 2. The number of hydrogen-bond donors (Lipinski definition) is 1. The second-order valence-electron chi connectivity index (χ2n) is 6.60. The van der Waals surface area contributed by atoms with Crippen molar-refractivity contribution in [3.05, 3.63) is 65.9 Å². The van der Waals surface area contributed by atoms with Gasteiger partial charge in [0.2, 0.25) is 0 Å². The molecule has 4 heteroatoms. The number of rotatable bonds is 7. The maximum atomic E-state index is 5.77. The highest BCUT2D eigenvalue weighted by atomic mass is 16.6. The second-order valence-corrected chi connectivity index (χ2v) is 6.60. The summed E-state index contributed by atoms with van der Waals surface area (Å²) in [6.45, 7) is 1.24. The van der Waals surface area contributed by atoms with Gasteiger partial charge in [0.1, 0.15) is 5.75 Å². The molecule has 0 unspecified atom stereocenters. The van der Waals surface area contributed by atoms with Crippen molar-refractivity contribution >= 4 is 16.6 Å². The smallest absolute Gasteiger partial charge is 0.119 e. The third-order valence-corrected chi connectivity index (χ3v) is 4.75. The van der Waals surface area contributed by atoms with Gasteiger partial charge in [0.15, 0.2) is 0 Å². The van der Waals surface area contributed by atoms with Gasteiger partial charge in [-0.3, -0.25) is 15.3 Å². The summed E-state index contributed by atoms with van der Waals surface area (Å²) in [5.74, 6) is 0.898. The van der Waals surface area contributed by atoms with Crippen molar-refractivity contribution in [2.24, 2.45) is 0 Å². The number of nitrogens with zero attached hydrogens (tertiary/aromatic N) is 1. The van der Waals surface area contributed by atoms with E-state index in [1.54, 1.807) is 0 Å². The Morgan fingerprint density at radius 3 is 2.62 bits per heavy atom. The lowest BCUT2D eigenvalue weighted by molar-refractivity contribution is 0.168. The van der Waals surface area contributed by atoms with Gasteiger partial charge in [-0.15, -0.1) is 0 Å². The summed E-state index contributed by atoms with van der Waals surface area (Å²) in [4.78, 5) is 10.6. The number of fused-ring (bicyclic) bond motifs is 2. The average Bonchev–Trinajstić information content (AvgIpc) is 2.70. The minimum Gasteiger partial charge on any atom is -0.494 e. The number of aryl methyl sites for hydroxylation is 1. The first-order chi connectivity index (χ1) is 12.9. The molecule has 0 fully saturated rings. The predicted octanol–water partition coefficient (Wildman–Crippen LogP) is 4.93. The molecule has 0 bridgehead atoms. The molecule has 1 N–H and O–H groups in total. The van der Waals surface area contributed by atoms with Crippen molar-refractivity contribution in [3.63, 3.8) is 0 Å². The molecule has 1 aliphatic carbocycles. The van der Waals surface area contributed by atoms with E-state index in [-0.39, 0.29) is 0 Å². The van der Waals surface area contributed by atoms with Crippen LogP contribution in [0.4, 0.5) is 5.69 Å². The number of para-hydroxylation sites is 2. The number of nitrogens with one attached hydrogen (secondary N) is 1. The summed E-state index contributed by atoms with van der Waals surface area (Å²) in [7, 11) is 0. The van der Waals surface area contributed by atoms with Crippen LogP contribution in [-0.4, -0.2) is 18.2 Å². The van der Waals surface area contributed by atoms with Crippen LogP contribution >= 0.6 is 0 Å². The monoisotopic (exact) mass is 348 g/mol. The normalized spacial score (nSPS) is 13.4. The van der Waals surface area contributed by atoms with Gasteiger partial charge >= 0.3 is 0 Å². The maximum Gasteiger partial charge on any atom is 0.119 e. The van der Waals surface area contributed by atoms with Gasteiger partial charge in [0.05, 0.1) is 24.4 Å². The number of pyridine rings is 1. The average molecular weight is 348 g/mol. The molecule has 0 spiro atoms. The van der Waals surface area contributed by atoms with E-state index in [1.807, 2.05) is 36.4 Å². The van der Waals surface area contributed by atoms with E-state index < -0.39 is 0 Å². The lowest BCUT2D eigenvalue weighted by Crippen LogP contribution is -2.13. The highest BCUT2D eigenvalue weighted by molar-refractivity contribution is 5.93. The van der Waals surface area contributed by atoms with Crippen molar-refractivity contribution < 1.29 is 9.57 Å². The molecule has 1 aliphatic rings. The third-order valence-electron chi connectivity index (χ3n) is 4.75. The lowest BCUT2D eigenvalue weighted by Gasteiger charge is -2.21. The van der Waals surface area contributed by atoms with Crippen LogP contribution < -0.4 is 10.2 Å². The summed E-state index contributed by atoms with van der Waals surface area (Å²) >= 11 is 0. The third kappa shape index (κ3) is 3.81. The Kier molecular flexibility index (Phi) is 5.31. The van der Waals surface area contributed by atoms with E-state index >= 15 is 0 Å². The lowest BCUT2D eigenvalue weighted by atomic mass is 9.93. The number of anilines is 1. The number of hydrogen-bond acceptors (Lipinski definition) is 4. The van der Waals surface area contributed by atoms with Gasteiger partial charge in [-0.25, -0.2) is 0 Å². The van der Waals surface area contributed by atoms with E-state index in [1.165, 1.54) is 24.1 Å². The van der Waals surface area contributed by atoms with Crippen LogP contribution in [0.25, 0.3) is 10.9 Å². The van der Waals surface area contributed by atoms with Crippen LogP contribution in [0.3, 0.4) is 0 Å². The first kappa shape index (κ1) is 16.9. The van der Waals surface area contributed by atoms with Gasteiger partial charge < -0.3 is 4.74 Å². The highest BCUT2D eigenvalue weighted by Crippen LogP contribution is 2.33. The molecule has 134 valence electrons. The molecule has 0 saturated carbocycles. The molecule has 26 heavy (non-hydrogen) atoms. The van der Waals surface area contributed by atoms with Gasteiger partial charge in [-0.2, -0.15) is 0 Å². The Morgan fingerprint density at radius 2 is 1.69 bits per heavy atom. The van der Waals surface area contributed by atoms with E-state index in [0.29, 0.717) is 13.2 Å². The van der Waals surface area contributed by atoms with Crippen molar-refractivity contribution in [1.82, 2.24) is 4.98 Å². The molecule has 0 atom stereocenters. The topological polar surface area (TPSA) is 43.4 Å². The van der Waals surface area contributed by atoms with Gasteiger partial charge in [0, 0.05) is 17.5 Å². The molecule has 1 aromatic heterocycles. The molecule has 0 amide bonds. The predicted molar refractivity (Wildman–Crippen MR) is 105 cm³/mol. The van der Waals surface area contributed by atoms with E-state index in [0.717, 1.165) is 41.6 Å². The molecule has 3 aromatic rings. The minimum absolute atomic E-state index is 0.595. The van der Waals surface area contributed by atoms with Crippen LogP contribution in [-0.2, 0) is 17.7 Å². The van der Waals surface area contributed by atoms with Crippen LogP contribution in [0, 0.1) is 0 Å². The molecule has 1 heterocycles. The Morgan fingerprint density at radius 1 is 0.885 bits per heavy atom. The fourth-order valence-corrected chi connectivity index (χ4v) is 3.45. The fraction of sp³-hybridized carbons (Fsp3) is 0.318. The van der Waals surface area contributed by atoms with Crippen molar-refractivity contribution in [2.75, 3.05) is 18.7 Å². The summed E-state index contributed by atoms with van der Waals surface area (Å²) < 4.78 is 5.70. The van der Waals surface area contributed by atoms with Gasteiger partial charge in [-0.05, 0) is 49.4 Å². The van der Waals surface area contributed by atoms with Crippen molar-refractivity contribution in [2.45, 2.75) is 32.1 Å². The van der Waals surface area contributed by atoms with E-state index in [9.17, 15) is 0 Å². The zero-order valence-corrected chi connectivity index (χ0v) is 14.9. The quantitative estimate of drug-likeness (QED) is 0.486. The first-order valence-corrected chi connectivity index (χ1v) is 9.38. The van der Waals surface area contributed by atoms with Crippen molar-refractivity contribution in [1.29, 1.82) is 0 Å². The zero-order valence-electron chi connectivity index (χ0n) is 14.9. The molecule has 0 aliphatic heterocycles. The minimum atomic E-state index is 0.595. The number of aromatic nitrogens is 1. The zero-order chi connectivity index (χ0) is 17.6. The Hall–Kier alpha value is -2.59. The van der Waals surface area contributed by atoms with Crippen molar-refractivity contribution in [3.8, 4) is 5.75 Å². The highest BCUT2D eigenvalue weighted by Gasteiger charge is 2.18.